The van der Waals surface area contributed by atoms with Crippen LogP contribution in [0.25, 0.3) is 11.0 Å². The molecule has 1 aromatic carbocycles. The summed E-state index contributed by atoms with van der Waals surface area (Å²) >= 11 is 0. The predicted octanol–water partition coefficient (Wildman–Crippen LogP) is 5.92. The van der Waals surface area contributed by atoms with Gasteiger partial charge in [-0.05, 0) is 73.8 Å². The first-order valence-corrected chi connectivity index (χ1v) is 18.4. The molecule has 1 saturated heterocycles. The Kier molecular flexibility index (Phi) is 9.76. The summed E-state index contributed by atoms with van der Waals surface area (Å²) in [6, 6.07) is 4.96. The van der Waals surface area contributed by atoms with Crippen LogP contribution in [0.5, 0.6) is 11.6 Å². The van der Waals surface area contributed by atoms with Crippen LogP contribution in [0.15, 0.2) is 36.8 Å². The number of carbonyl (C=O) groups excluding carboxylic acids is 3. The van der Waals surface area contributed by atoms with E-state index in [1.54, 1.807) is 23.5 Å². The Morgan fingerprint density at radius 3 is 2.62 bits per heavy atom. The van der Waals surface area contributed by atoms with Gasteiger partial charge in [-0.2, -0.15) is 0 Å². The first-order chi connectivity index (χ1) is 24.1. The van der Waals surface area contributed by atoms with Crippen LogP contribution in [0, 0.1) is 35.0 Å². The number of ether oxygens (including phenoxy) is 3. The summed E-state index contributed by atoms with van der Waals surface area (Å²) in [4.78, 5) is 60.6. The highest BCUT2D eigenvalue weighted by Crippen LogP contribution is 2.58. The minimum absolute atomic E-state index is 0.00711. The molecular weight excluding hydrogens is 634 g/mol. The number of carbonyl (C=O) groups is 3. The molecule has 2 aliphatic heterocycles. The van der Waals surface area contributed by atoms with Crippen molar-refractivity contribution in [3.05, 3.63) is 48.2 Å². The largest absolute Gasteiger partial charge is 0.487 e. The van der Waals surface area contributed by atoms with E-state index in [4.69, 9.17) is 24.2 Å². The highest BCUT2D eigenvalue weighted by Gasteiger charge is 2.55. The average Bonchev–Trinajstić information content (AvgIpc) is 3.65. The number of fused-ring (bicyclic) bond motifs is 7. The van der Waals surface area contributed by atoms with Crippen molar-refractivity contribution in [1.29, 1.82) is 0 Å². The Balaban J connectivity index is 1.21. The molecule has 2 aliphatic carbocycles. The highest BCUT2D eigenvalue weighted by molar-refractivity contribution is 5.87. The summed E-state index contributed by atoms with van der Waals surface area (Å²) in [7, 11) is 0. The van der Waals surface area contributed by atoms with Gasteiger partial charge < -0.3 is 23.9 Å². The molecule has 2 bridgehead atoms. The van der Waals surface area contributed by atoms with Crippen LogP contribution in [-0.2, 0) is 32.1 Å². The van der Waals surface area contributed by atoms with Gasteiger partial charge in [0.15, 0.2) is 0 Å². The molecule has 4 heterocycles. The third-order valence-electron chi connectivity index (χ3n) is 11.5. The molecule has 11 heteroatoms. The fourth-order valence-electron chi connectivity index (χ4n) is 8.60. The first-order valence-electron chi connectivity index (χ1n) is 18.4. The number of rotatable bonds is 5. The van der Waals surface area contributed by atoms with E-state index in [2.05, 4.69) is 9.97 Å². The molecule has 2 saturated carbocycles. The number of hydrogen-bond acceptors (Lipinski definition) is 10. The quantitative estimate of drug-likeness (QED) is 0.236. The lowest BCUT2D eigenvalue weighted by molar-refractivity contribution is -0.158. The third-order valence-corrected chi connectivity index (χ3v) is 11.5. The standard InChI is InChI=1S/C39H49N5O6/c1-5-26-33(21-45)44-20-35(26)50-37-31(42-30-12-11-25(17-32(30)43-37)48-22-24-19-40-13-14-41-24)10-8-6-7-9-27-28-15-23(28)16-34(27)49-36(46)18-29(38(44)47)39(2,3)4/h11-14,17,19,21,23,26-29,33-35H,5-10,15-16,18,20,22H2,1-4H3/t23?,26-,27+,28?,29+,33+,34+,35-/m0/s1. The second kappa shape index (κ2) is 14.2. The molecule has 4 aliphatic rings. The molecule has 3 aromatic rings. The van der Waals surface area contributed by atoms with Crippen LogP contribution in [0.4, 0.5) is 0 Å². The lowest BCUT2D eigenvalue weighted by Gasteiger charge is -2.34. The van der Waals surface area contributed by atoms with Crippen molar-refractivity contribution in [3.63, 3.8) is 0 Å². The van der Waals surface area contributed by atoms with Crippen molar-refractivity contribution >= 4 is 29.2 Å². The molecule has 0 spiro atoms. The van der Waals surface area contributed by atoms with Gasteiger partial charge in [0.25, 0.3) is 0 Å². The molecule has 0 radical (unpaired) electrons. The normalized spacial score (nSPS) is 30.3. The Morgan fingerprint density at radius 1 is 1.00 bits per heavy atom. The molecule has 1 amide bonds. The van der Waals surface area contributed by atoms with E-state index in [-0.39, 0.29) is 43.5 Å². The van der Waals surface area contributed by atoms with Gasteiger partial charge >= 0.3 is 5.97 Å². The highest BCUT2D eigenvalue weighted by atomic mass is 16.5. The average molecular weight is 684 g/mol. The fraction of sp³-hybridized carbons (Fsp3) is 0.615. The summed E-state index contributed by atoms with van der Waals surface area (Å²) in [5.41, 5.74) is 2.34. The SMILES string of the molecule is CC[C@@H]1[C@@H]2CN(C(=O)[C@H](C(C)(C)C)CC(=O)O[C@@H]3CC4CC4[C@H]3CCCCCc3nc4ccc(OCc5cnccn5)cc4nc3O2)[C@@H]1C=O. The summed E-state index contributed by atoms with van der Waals surface area (Å²) < 4.78 is 18.9. The Morgan fingerprint density at radius 2 is 1.86 bits per heavy atom. The van der Waals surface area contributed by atoms with E-state index in [0.717, 1.165) is 49.6 Å². The summed E-state index contributed by atoms with van der Waals surface area (Å²) in [6.45, 7) is 8.42. The number of benzene rings is 1. The molecule has 11 nitrogen and oxygen atoms in total. The van der Waals surface area contributed by atoms with Gasteiger partial charge in [-0.3, -0.25) is 19.6 Å². The molecular formula is C39H49N5O6. The van der Waals surface area contributed by atoms with E-state index >= 15 is 0 Å². The fourth-order valence-corrected chi connectivity index (χ4v) is 8.60. The molecule has 0 N–H and O–H groups in total. The number of aromatic nitrogens is 4. The Labute approximate surface area is 293 Å². The van der Waals surface area contributed by atoms with Crippen molar-refractivity contribution in [2.75, 3.05) is 6.54 Å². The predicted molar refractivity (Wildman–Crippen MR) is 185 cm³/mol. The Hall–Kier alpha value is -4.15. The minimum Gasteiger partial charge on any atom is -0.487 e. The van der Waals surface area contributed by atoms with Crippen molar-refractivity contribution in [1.82, 2.24) is 24.8 Å². The maximum Gasteiger partial charge on any atom is 0.306 e. The van der Waals surface area contributed by atoms with Gasteiger partial charge in [0, 0.05) is 24.4 Å². The third kappa shape index (κ3) is 7.19. The topological polar surface area (TPSA) is 134 Å². The number of esters is 1. The number of aryl methyl sites for hydroxylation is 1. The lowest BCUT2D eigenvalue weighted by Crippen LogP contribution is -2.46. The number of hydrogen-bond donors (Lipinski definition) is 0. The molecule has 7 rings (SSSR count). The zero-order chi connectivity index (χ0) is 35.0. The van der Waals surface area contributed by atoms with E-state index < -0.39 is 23.5 Å². The van der Waals surface area contributed by atoms with Crippen LogP contribution < -0.4 is 9.47 Å². The number of aldehydes is 1. The van der Waals surface area contributed by atoms with Crippen molar-refractivity contribution in [3.8, 4) is 11.6 Å². The van der Waals surface area contributed by atoms with E-state index in [1.165, 1.54) is 6.42 Å². The second-order valence-electron chi connectivity index (χ2n) is 15.8. The van der Waals surface area contributed by atoms with Gasteiger partial charge in [0.1, 0.15) is 36.5 Å². The van der Waals surface area contributed by atoms with Crippen molar-refractivity contribution in [2.24, 2.45) is 35.0 Å². The maximum absolute atomic E-state index is 14.4. The molecule has 3 fully saturated rings. The lowest BCUT2D eigenvalue weighted by atomic mass is 9.77. The van der Waals surface area contributed by atoms with E-state index in [0.29, 0.717) is 53.4 Å². The van der Waals surface area contributed by atoms with Gasteiger partial charge in [0.2, 0.25) is 11.8 Å². The van der Waals surface area contributed by atoms with Crippen molar-refractivity contribution < 1.29 is 28.6 Å². The Bertz CT molecular complexity index is 1710. The summed E-state index contributed by atoms with van der Waals surface area (Å²) in [6.07, 6.45) is 12.7. The molecule has 2 aromatic heterocycles. The molecule has 8 atom stereocenters. The smallest absolute Gasteiger partial charge is 0.306 e. The van der Waals surface area contributed by atoms with Gasteiger partial charge in [-0.15, -0.1) is 0 Å². The zero-order valence-corrected chi connectivity index (χ0v) is 29.6. The maximum atomic E-state index is 14.4. The number of nitrogens with zero attached hydrogens (tertiary/aromatic N) is 5. The minimum atomic E-state index is -0.676. The van der Waals surface area contributed by atoms with Crippen molar-refractivity contribution in [2.45, 2.75) is 110 Å². The summed E-state index contributed by atoms with van der Waals surface area (Å²) in [5, 5.41) is 0. The molecule has 50 heavy (non-hydrogen) atoms. The molecule has 2 unspecified atom stereocenters. The summed E-state index contributed by atoms with van der Waals surface area (Å²) in [5.74, 6) is 1.31. The van der Waals surface area contributed by atoms with Gasteiger partial charge in [0.05, 0.1) is 47.8 Å². The van der Waals surface area contributed by atoms with E-state index in [1.807, 2.05) is 45.9 Å². The van der Waals surface area contributed by atoms with Gasteiger partial charge in [-0.1, -0.05) is 40.5 Å². The second-order valence-corrected chi connectivity index (χ2v) is 15.8. The van der Waals surface area contributed by atoms with Crippen LogP contribution in [0.1, 0.15) is 90.4 Å². The van der Waals surface area contributed by atoms with Gasteiger partial charge in [-0.25, -0.2) is 9.97 Å². The van der Waals surface area contributed by atoms with Crippen LogP contribution in [-0.4, -0.2) is 67.8 Å². The van der Waals surface area contributed by atoms with Crippen LogP contribution in [0.2, 0.25) is 0 Å². The number of amides is 1. The van der Waals surface area contributed by atoms with Crippen LogP contribution in [0.3, 0.4) is 0 Å². The van der Waals surface area contributed by atoms with E-state index in [9.17, 15) is 14.4 Å². The monoisotopic (exact) mass is 683 g/mol. The zero-order valence-electron chi connectivity index (χ0n) is 29.6. The first kappa shape index (κ1) is 34.3. The molecule has 266 valence electrons. The van der Waals surface area contributed by atoms with Crippen LogP contribution >= 0.6 is 0 Å².